The van der Waals surface area contributed by atoms with Crippen molar-refractivity contribution < 1.29 is 9.53 Å². The molecule has 0 unspecified atom stereocenters. The largest absolute Gasteiger partial charge is 0.468 e. The first-order valence-corrected chi connectivity index (χ1v) is 7.00. The molecule has 2 aromatic carbocycles. The molecule has 3 aromatic rings. The van der Waals surface area contributed by atoms with Crippen molar-refractivity contribution in [2.75, 3.05) is 7.11 Å². The molecule has 1 heterocycles. The lowest BCUT2D eigenvalue weighted by molar-refractivity contribution is -0.141. The molecule has 0 spiro atoms. The van der Waals surface area contributed by atoms with Crippen molar-refractivity contribution in [3.63, 3.8) is 0 Å². The van der Waals surface area contributed by atoms with E-state index in [1.54, 1.807) is 0 Å². The Morgan fingerprint density at radius 2 is 1.91 bits per heavy atom. The Balaban J connectivity index is 2.05. The highest BCUT2D eigenvalue weighted by Crippen LogP contribution is 2.19. The number of carbonyl (C=O) groups excluding carboxylic acids is 1. The number of fused-ring (bicyclic) bond motifs is 1. The van der Waals surface area contributed by atoms with Crippen molar-refractivity contribution in [3.05, 3.63) is 70.1 Å². The van der Waals surface area contributed by atoms with Gasteiger partial charge in [-0.2, -0.15) is 0 Å². The van der Waals surface area contributed by atoms with Gasteiger partial charge in [-0.25, -0.2) is 4.79 Å². The van der Waals surface area contributed by atoms with Crippen molar-refractivity contribution in [2.45, 2.75) is 13.0 Å². The summed E-state index contributed by atoms with van der Waals surface area (Å²) in [5.74, 6) is -0.448. The number of methoxy groups -OCH3 is 1. The molecule has 22 heavy (non-hydrogen) atoms. The maximum absolute atomic E-state index is 12.1. The molecule has 0 atom stereocenters. The zero-order valence-electron chi connectivity index (χ0n) is 12.2. The molecule has 112 valence electrons. The lowest BCUT2D eigenvalue weighted by Crippen LogP contribution is -2.22. The van der Waals surface area contributed by atoms with Crippen molar-refractivity contribution in [2.24, 2.45) is 0 Å². The van der Waals surface area contributed by atoms with Gasteiger partial charge in [-0.15, -0.1) is 0 Å². The van der Waals surface area contributed by atoms with Gasteiger partial charge in [0.05, 0.1) is 18.1 Å². The number of benzene rings is 2. The van der Waals surface area contributed by atoms with Gasteiger partial charge >= 0.3 is 11.7 Å². The summed E-state index contributed by atoms with van der Waals surface area (Å²) in [4.78, 5) is 26.4. The number of nitrogens with one attached hydrogen (secondary N) is 1. The molecule has 3 rings (SSSR count). The highest BCUT2D eigenvalue weighted by molar-refractivity contribution is 5.81. The van der Waals surface area contributed by atoms with Crippen molar-refractivity contribution in [1.29, 1.82) is 0 Å². The number of esters is 1. The van der Waals surface area contributed by atoms with E-state index in [0.29, 0.717) is 5.52 Å². The Morgan fingerprint density at radius 3 is 2.64 bits per heavy atom. The Kier molecular flexibility index (Phi) is 3.78. The van der Waals surface area contributed by atoms with Crippen molar-refractivity contribution >= 4 is 17.0 Å². The van der Waals surface area contributed by atoms with E-state index in [1.807, 2.05) is 48.5 Å². The van der Waals surface area contributed by atoms with Crippen LogP contribution in [0.4, 0.5) is 0 Å². The first-order chi connectivity index (χ1) is 10.7. The highest BCUT2D eigenvalue weighted by atomic mass is 16.5. The van der Waals surface area contributed by atoms with Crippen LogP contribution in [0.15, 0.2) is 53.3 Å². The molecule has 0 aliphatic rings. The van der Waals surface area contributed by atoms with Gasteiger partial charge in [0.2, 0.25) is 0 Å². The molecule has 0 aliphatic heterocycles. The maximum atomic E-state index is 12.1. The predicted molar refractivity (Wildman–Crippen MR) is 83.8 cm³/mol. The average molecular weight is 296 g/mol. The number of rotatable bonds is 4. The van der Waals surface area contributed by atoms with Crippen LogP contribution in [0, 0.1) is 0 Å². The number of carbonyl (C=O) groups is 1. The van der Waals surface area contributed by atoms with Crippen LogP contribution in [0.25, 0.3) is 11.0 Å². The van der Waals surface area contributed by atoms with E-state index in [0.717, 1.165) is 23.1 Å². The van der Waals surface area contributed by atoms with Crippen LogP contribution in [-0.2, 0) is 22.5 Å². The number of nitrogens with zero attached hydrogens (tertiary/aromatic N) is 1. The highest BCUT2D eigenvalue weighted by Gasteiger charge is 2.13. The van der Waals surface area contributed by atoms with Crippen LogP contribution in [-0.4, -0.2) is 22.6 Å². The second-order valence-electron chi connectivity index (χ2n) is 5.07. The maximum Gasteiger partial charge on any atom is 0.327 e. The third-order valence-electron chi connectivity index (χ3n) is 3.65. The summed E-state index contributed by atoms with van der Waals surface area (Å²) < 4.78 is 6.04. The van der Waals surface area contributed by atoms with Gasteiger partial charge in [0.25, 0.3) is 0 Å². The molecule has 0 radical (unpaired) electrons. The number of hydrogen-bond donors (Lipinski definition) is 1. The van der Waals surface area contributed by atoms with Crippen LogP contribution < -0.4 is 5.69 Å². The van der Waals surface area contributed by atoms with Gasteiger partial charge in [-0.3, -0.25) is 9.36 Å². The zero-order chi connectivity index (χ0) is 15.5. The summed E-state index contributed by atoms with van der Waals surface area (Å²) in [5.41, 5.74) is 3.35. The van der Waals surface area contributed by atoms with Crippen LogP contribution in [0.2, 0.25) is 0 Å². The lowest BCUT2D eigenvalue weighted by Gasteiger charge is -2.05. The fourth-order valence-corrected chi connectivity index (χ4v) is 2.55. The number of aromatic amines is 1. The van der Waals surface area contributed by atoms with Crippen LogP contribution >= 0.6 is 0 Å². The monoisotopic (exact) mass is 296 g/mol. The van der Waals surface area contributed by atoms with Crippen molar-refractivity contribution in [1.82, 2.24) is 9.55 Å². The second-order valence-corrected chi connectivity index (χ2v) is 5.07. The predicted octanol–water partition coefficient (Wildman–Crippen LogP) is 2.09. The normalized spacial score (nSPS) is 10.8. The third-order valence-corrected chi connectivity index (χ3v) is 3.65. The van der Waals surface area contributed by atoms with E-state index in [1.165, 1.54) is 11.7 Å². The quantitative estimate of drug-likeness (QED) is 0.750. The van der Waals surface area contributed by atoms with E-state index in [-0.39, 0.29) is 12.2 Å². The molecular formula is C17H16N2O3. The summed E-state index contributed by atoms with van der Waals surface area (Å²) in [6.07, 6.45) is 0.719. The standard InChI is InChI=1S/C17H16N2O3/c1-22-15(20)11-19-14-9-5-8-13(16(14)18-17(19)21)10-12-6-3-2-4-7-12/h2-9H,10-11H2,1H3,(H,18,21). The molecular weight excluding hydrogens is 280 g/mol. The molecule has 5 nitrogen and oxygen atoms in total. The topological polar surface area (TPSA) is 64.1 Å². The first kappa shape index (κ1) is 14.1. The van der Waals surface area contributed by atoms with E-state index in [2.05, 4.69) is 9.72 Å². The third kappa shape index (κ3) is 2.65. The summed E-state index contributed by atoms with van der Waals surface area (Å²) in [6.45, 7) is -0.0931. The summed E-state index contributed by atoms with van der Waals surface area (Å²) in [6, 6.07) is 15.7. The van der Waals surface area contributed by atoms with E-state index < -0.39 is 5.97 Å². The smallest absolute Gasteiger partial charge is 0.327 e. The summed E-state index contributed by atoms with van der Waals surface area (Å²) in [7, 11) is 1.31. The fraction of sp³-hybridized carbons (Fsp3) is 0.176. The molecule has 0 saturated heterocycles. The SMILES string of the molecule is COC(=O)Cn1c(=O)[nH]c2c(Cc3ccccc3)cccc21. The fourth-order valence-electron chi connectivity index (χ4n) is 2.55. The Morgan fingerprint density at radius 1 is 1.14 bits per heavy atom. The van der Waals surface area contributed by atoms with Gasteiger partial charge in [0, 0.05) is 0 Å². The molecule has 0 fully saturated rings. The van der Waals surface area contributed by atoms with E-state index in [4.69, 9.17) is 0 Å². The van der Waals surface area contributed by atoms with Crippen LogP contribution in [0.5, 0.6) is 0 Å². The molecule has 1 aromatic heterocycles. The number of imidazole rings is 1. The molecule has 0 aliphatic carbocycles. The molecule has 0 saturated carbocycles. The Labute approximate surface area is 127 Å². The first-order valence-electron chi connectivity index (χ1n) is 7.00. The Bertz CT molecular complexity index is 862. The van der Waals surface area contributed by atoms with Crippen LogP contribution in [0.1, 0.15) is 11.1 Å². The lowest BCUT2D eigenvalue weighted by atomic mass is 10.0. The van der Waals surface area contributed by atoms with E-state index >= 15 is 0 Å². The second kappa shape index (κ2) is 5.89. The molecule has 5 heteroatoms. The number of hydrogen-bond acceptors (Lipinski definition) is 3. The van der Waals surface area contributed by atoms with Crippen LogP contribution in [0.3, 0.4) is 0 Å². The van der Waals surface area contributed by atoms with E-state index in [9.17, 15) is 9.59 Å². The number of aromatic nitrogens is 2. The molecule has 0 amide bonds. The van der Waals surface area contributed by atoms with Gasteiger partial charge in [-0.1, -0.05) is 42.5 Å². The average Bonchev–Trinajstić information content (AvgIpc) is 2.85. The Hall–Kier alpha value is -2.82. The molecule has 0 bridgehead atoms. The summed E-state index contributed by atoms with van der Waals surface area (Å²) >= 11 is 0. The van der Waals surface area contributed by atoms with Gasteiger partial charge < -0.3 is 9.72 Å². The van der Waals surface area contributed by atoms with Gasteiger partial charge in [0.1, 0.15) is 6.54 Å². The molecule has 1 N–H and O–H groups in total. The minimum Gasteiger partial charge on any atom is -0.468 e. The number of para-hydroxylation sites is 1. The minimum atomic E-state index is -0.448. The number of ether oxygens (including phenoxy) is 1. The van der Waals surface area contributed by atoms with Gasteiger partial charge in [-0.05, 0) is 23.6 Å². The van der Waals surface area contributed by atoms with Gasteiger partial charge in [0.15, 0.2) is 0 Å². The minimum absolute atomic E-state index is 0.0931. The number of H-pyrrole nitrogens is 1. The summed E-state index contributed by atoms with van der Waals surface area (Å²) in [5, 5.41) is 0. The van der Waals surface area contributed by atoms with Crippen molar-refractivity contribution in [3.8, 4) is 0 Å². The zero-order valence-corrected chi connectivity index (χ0v) is 12.2.